The van der Waals surface area contributed by atoms with Crippen LogP contribution in [0.3, 0.4) is 0 Å². The maximum absolute atomic E-state index is 11.8. The highest BCUT2D eigenvalue weighted by atomic mass is 16.5. The zero-order valence-corrected chi connectivity index (χ0v) is 16.2. The van der Waals surface area contributed by atoms with Gasteiger partial charge in [0, 0.05) is 24.9 Å². The Bertz CT molecular complexity index is 661. The smallest absolute Gasteiger partial charge is 0.254 e. The number of amides is 1. The average molecular weight is 377 g/mol. The lowest BCUT2D eigenvalue weighted by atomic mass is 9.82. The van der Waals surface area contributed by atoms with E-state index < -0.39 is 5.91 Å². The number of anilines is 2. The molecule has 2 fully saturated rings. The molecule has 8 heteroatoms. The van der Waals surface area contributed by atoms with E-state index in [1.54, 1.807) is 7.11 Å². The summed E-state index contributed by atoms with van der Waals surface area (Å²) in [5.41, 5.74) is 5.66. The van der Waals surface area contributed by atoms with Crippen molar-refractivity contribution in [3.63, 3.8) is 0 Å². The highest BCUT2D eigenvalue weighted by Crippen LogP contribution is 2.32. The number of aromatic nitrogens is 2. The molecule has 1 unspecified atom stereocenters. The van der Waals surface area contributed by atoms with Crippen molar-refractivity contribution < 1.29 is 14.6 Å². The van der Waals surface area contributed by atoms with E-state index in [1.165, 1.54) is 6.20 Å². The number of nitrogens with two attached hydrogens (primary N) is 1. The molecule has 5 N–H and O–H groups in total. The summed E-state index contributed by atoms with van der Waals surface area (Å²) in [5.74, 6) is 0.359. The van der Waals surface area contributed by atoms with Crippen LogP contribution in [0.1, 0.15) is 68.6 Å². The second kappa shape index (κ2) is 8.39. The van der Waals surface area contributed by atoms with Crippen molar-refractivity contribution in [1.82, 2.24) is 9.97 Å². The Morgan fingerprint density at radius 2 is 2.07 bits per heavy atom. The predicted molar refractivity (Wildman–Crippen MR) is 104 cm³/mol. The van der Waals surface area contributed by atoms with Crippen molar-refractivity contribution in [2.75, 3.05) is 17.7 Å². The molecule has 150 valence electrons. The van der Waals surface area contributed by atoms with Crippen LogP contribution >= 0.6 is 0 Å². The van der Waals surface area contributed by atoms with Gasteiger partial charge < -0.3 is 26.2 Å². The van der Waals surface area contributed by atoms with Crippen LogP contribution < -0.4 is 16.4 Å². The molecule has 2 aliphatic rings. The third-order valence-corrected chi connectivity index (χ3v) is 5.82. The number of carbonyl (C=O) groups excluding carboxylic acids is 1. The van der Waals surface area contributed by atoms with Gasteiger partial charge in [0.2, 0.25) is 5.95 Å². The lowest BCUT2D eigenvalue weighted by molar-refractivity contribution is 0.0563. The van der Waals surface area contributed by atoms with E-state index in [2.05, 4.69) is 27.5 Å². The summed E-state index contributed by atoms with van der Waals surface area (Å²) >= 11 is 0. The first-order valence-electron chi connectivity index (χ1n) is 9.81. The van der Waals surface area contributed by atoms with Gasteiger partial charge in [0.15, 0.2) is 0 Å². The van der Waals surface area contributed by atoms with E-state index in [0.29, 0.717) is 24.3 Å². The molecule has 0 saturated heterocycles. The molecule has 1 amide bonds. The van der Waals surface area contributed by atoms with Gasteiger partial charge in [-0.25, -0.2) is 4.98 Å². The Hall–Kier alpha value is -1.93. The molecule has 2 saturated carbocycles. The largest absolute Gasteiger partial charge is 0.393 e. The molecule has 0 bridgehead atoms. The van der Waals surface area contributed by atoms with Crippen LogP contribution in [0, 0.1) is 0 Å². The van der Waals surface area contributed by atoms with Crippen LogP contribution in [0.5, 0.6) is 0 Å². The molecule has 1 aromatic heterocycles. The summed E-state index contributed by atoms with van der Waals surface area (Å²) < 4.78 is 5.45. The van der Waals surface area contributed by atoms with Crippen LogP contribution in [-0.2, 0) is 4.74 Å². The minimum Gasteiger partial charge on any atom is -0.393 e. The van der Waals surface area contributed by atoms with Gasteiger partial charge in [-0.05, 0) is 58.3 Å². The van der Waals surface area contributed by atoms with Gasteiger partial charge in [-0.2, -0.15) is 4.98 Å². The Morgan fingerprint density at radius 1 is 1.33 bits per heavy atom. The molecule has 2 aliphatic carbocycles. The molecule has 1 aromatic rings. The van der Waals surface area contributed by atoms with Crippen molar-refractivity contribution in [3.05, 3.63) is 11.8 Å². The molecule has 1 heterocycles. The van der Waals surface area contributed by atoms with Crippen LogP contribution in [0.15, 0.2) is 6.20 Å². The summed E-state index contributed by atoms with van der Waals surface area (Å²) in [6, 6.07) is 0.0716. The number of ether oxygens (including phenoxy) is 1. The van der Waals surface area contributed by atoms with Crippen molar-refractivity contribution in [3.8, 4) is 0 Å². The molecule has 0 spiro atoms. The second-order valence-corrected chi connectivity index (χ2v) is 8.10. The number of aliphatic hydroxyl groups excluding tert-OH is 1. The molecular formula is C19H31N5O3. The fourth-order valence-electron chi connectivity index (χ4n) is 4.08. The number of nitrogens with one attached hydrogen (secondary N) is 2. The number of carbonyl (C=O) groups is 1. The number of primary amides is 1. The lowest BCUT2D eigenvalue weighted by Gasteiger charge is -2.37. The van der Waals surface area contributed by atoms with Crippen LogP contribution in [0.2, 0.25) is 0 Å². The Morgan fingerprint density at radius 3 is 2.70 bits per heavy atom. The molecule has 27 heavy (non-hydrogen) atoms. The number of methoxy groups -OCH3 is 1. The molecule has 2 atom stereocenters. The standard InChI is InChI=1S/C19H31N5O3/c1-19(8-6-14(27-2)7-9-19)24-18-21-11-15(16(20)26)17(23-18)22-12-4-3-5-13(25)10-12/h11-14,25H,3-10H2,1-2H3,(H2,20,26)(H2,21,22,23,24)/t12?,13-,14?,19?/m0/s1. The van der Waals surface area contributed by atoms with E-state index in [9.17, 15) is 9.90 Å². The first-order valence-corrected chi connectivity index (χ1v) is 9.81. The Balaban J connectivity index is 1.74. The summed E-state index contributed by atoms with van der Waals surface area (Å²) in [4.78, 5) is 20.6. The van der Waals surface area contributed by atoms with E-state index >= 15 is 0 Å². The molecule has 0 radical (unpaired) electrons. The third kappa shape index (κ3) is 5.07. The zero-order valence-electron chi connectivity index (χ0n) is 16.2. The summed E-state index contributed by atoms with van der Waals surface area (Å²) in [5, 5.41) is 16.6. The summed E-state index contributed by atoms with van der Waals surface area (Å²) in [7, 11) is 1.76. The van der Waals surface area contributed by atoms with Gasteiger partial charge in [0.1, 0.15) is 5.82 Å². The second-order valence-electron chi connectivity index (χ2n) is 8.10. The average Bonchev–Trinajstić information content (AvgIpc) is 2.62. The molecular weight excluding hydrogens is 346 g/mol. The van der Waals surface area contributed by atoms with Crippen LogP contribution in [0.4, 0.5) is 11.8 Å². The van der Waals surface area contributed by atoms with Crippen molar-refractivity contribution >= 4 is 17.7 Å². The number of rotatable bonds is 6. The van der Waals surface area contributed by atoms with Gasteiger partial charge in [-0.15, -0.1) is 0 Å². The highest BCUT2D eigenvalue weighted by Gasteiger charge is 2.32. The summed E-state index contributed by atoms with van der Waals surface area (Å²) in [6.45, 7) is 2.16. The Labute approximate surface area is 160 Å². The van der Waals surface area contributed by atoms with Gasteiger partial charge in [0.05, 0.1) is 17.8 Å². The molecule has 8 nitrogen and oxygen atoms in total. The van der Waals surface area contributed by atoms with Crippen LogP contribution in [0.25, 0.3) is 0 Å². The molecule has 0 aliphatic heterocycles. The highest BCUT2D eigenvalue weighted by molar-refractivity contribution is 5.97. The van der Waals surface area contributed by atoms with Gasteiger partial charge in [0.25, 0.3) is 5.91 Å². The predicted octanol–water partition coefficient (Wildman–Crippen LogP) is 2.05. The number of nitrogens with zero attached hydrogens (tertiary/aromatic N) is 2. The number of hydrogen-bond acceptors (Lipinski definition) is 7. The molecule has 0 aromatic carbocycles. The quantitative estimate of drug-likeness (QED) is 0.598. The normalized spacial score (nSPS) is 31.3. The fraction of sp³-hybridized carbons (Fsp3) is 0.737. The summed E-state index contributed by atoms with van der Waals surface area (Å²) in [6.07, 6.45) is 8.71. The number of hydrogen-bond donors (Lipinski definition) is 4. The van der Waals surface area contributed by atoms with E-state index in [0.717, 1.165) is 44.9 Å². The zero-order chi connectivity index (χ0) is 19.4. The minimum absolute atomic E-state index is 0.0716. The van der Waals surface area contributed by atoms with Crippen molar-refractivity contribution in [2.24, 2.45) is 5.73 Å². The Kier molecular flexibility index (Phi) is 6.16. The SMILES string of the molecule is COC1CCC(C)(Nc2ncc(C(N)=O)c(NC3CCC[C@H](O)C3)n2)CC1. The third-order valence-electron chi connectivity index (χ3n) is 5.82. The van der Waals surface area contributed by atoms with E-state index in [1.807, 2.05) is 0 Å². The van der Waals surface area contributed by atoms with E-state index in [-0.39, 0.29) is 23.2 Å². The van der Waals surface area contributed by atoms with Gasteiger partial charge in [-0.1, -0.05) is 0 Å². The fourth-order valence-corrected chi connectivity index (χ4v) is 4.08. The van der Waals surface area contributed by atoms with Gasteiger partial charge >= 0.3 is 0 Å². The maximum atomic E-state index is 11.8. The molecule has 3 rings (SSSR count). The lowest BCUT2D eigenvalue weighted by Crippen LogP contribution is -2.41. The van der Waals surface area contributed by atoms with Crippen molar-refractivity contribution in [2.45, 2.75) is 82.1 Å². The minimum atomic E-state index is -0.563. The monoisotopic (exact) mass is 377 g/mol. The van der Waals surface area contributed by atoms with Crippen LogP contribution in [-0.4, -0.2) is 51.9 Å². The van der Waals surface area contributed by atoms with E-state index in [4.69, 9.17) is 10.5 Å². The first kappa shape index (κ1) is 19.8. The topological polar surface area (TPSA) is 122 Å². The first-order chi connectivity index (χ1) is 12.9. The maximum Gasteiger partial charge on any atom is 0.254 e. The van der Waals surface area contributed by atoms with Crippen molar-refractivity contribution in [1.29, 1.82) is 0 Å². The van der Waals surface area contributed by atoms with Gasteiger partial charge in [-0.3, -0.25) is 4.79 Å². The number of aliphatic hydroxyl groups is 1.